The Hall–Kier alpha value is -1.89. The molecule has 2 heterocycles. The van der Waals surface area contributed by atoms with Gasteiger partial charge >= 0.3 is 0 Å². The molecule has 1 saturated heterocycles. The van der Waals surface area contributed by atoms with Gasteiger partial charge in [-0.15, -0.1) is 0 Å². The third-order valence-electron chi connectivity index (χ3n) is 6.95. The van der Waals surface area contributed by atoms with E-state index >= 15 is 0 Å². The lowest BCUT2D eigenvalue weighted by Crippen LogP contribution is -2.56. The van der Waals surface area contributed by atoms with E-state index in [1.807, 2.05) is 13.2 Å². The first-order chi connectivity index (χ1) is 12.9. The number of carbonyl (C=O) groups is 2. The zero-order chi connectivity index (χ0) is 19.1. The minimum absolute atomic E-state index is 0.0839. The molecule has 1 aromatic rings. The first kappa shape index (κ1) is 18.5. The van der Waals surface area contributed by atoms with Gasteiger partial charge in [0, 0.05) is 44.4 Å². The average Bonchev–Trinajstić information content (AvgIpc) is 3.03. The van der Waals surface area contributed by atoms with Crippen molar-refractivity contribution in [1.82, 2.24) is 20.0 Å². The van der Waals surface area contributed by atoms with Gasteiger partial charge in [-0.1, -0.05) is 6.42 Å². The van der Waals surface area contributed by atoms with Crippen LogP contribution in [0.2, 0.25) is 0 Å². The van der Waals surface area contributed by atoms with Crippen molar-refractivity contribution in [2.75, 3.05) is 7.05 Å². The van der Waals surface area contributed by atoms with Crippen LogP contribution in [0.15, 0.2) is 12.4 Å². The second-order valence-corrected chi connectivity index (χ2v) is 8.76. The van der Waals surface area contributed by atoms with Crippen molar-refractivity contribution < 1.29 is 9.59 Å². The molecule has 7 nitrogen and oxygen atoms in total. The van der Waals surface area contributed by atoms with Gasteiger partial charge in [-0.05, 0) is 43.9 Å². The molecule has 3 aliphatic rings. The first-order valence-electron chi connectivity index (χ1n) is 10.2. The Labute approximate surface area is 160 Å². The molecule has 148 valence electrons. The van der Waals surface area contributed by atoms with Crippen molar-refractivity contribution in [3.63, 3.8) is 0 Å². The summed E-state index contributed by atoms with van der Waals surface area (Å²) in [7, 11) is 3.66. The fraction of sp³-hybridized carbons (Fsp3) is 0.750. The van der Waals surface area contributed by atoms with Gasteiger partial charge in [0.15, 0.2) is 0 Å². The van der Waals surface area contributed by atoms with Crippen LogP contribution in [0.4, 0.5) is 0 Å². The van der Waals surface area contributed by atoms with E-state index < -0.39 is 0 Å². The zero-order valence-electron chi connectivity index (χ0n) is 16.3. The zero-order valence-corrected chi connectivity index (χ0v) is 16.3. The standard InChI is InChI=1S/C20H31N5O2/c1-24-11-14(10-22-24)19-16(6-7-17(26)25(19)2)20(27)23-18-12-4-3-5-13(18)9-15(21)8-12/h10-13,15-16,18-19H,3-9,21H2,1-2H3,(H,23,27). The van der Waals surface area contributed by atoms with E-state index in [2.05, 4.69) is 10.4 Å². The molecule has 3 N–H and O–H groups in total. The number of nitrogens with one attached hydrogen (secondary N) is 1. The van der Waals surface area contributed by atoms with E-state index in [1.165, 1.54) is 6.42 Å². The molecule has 0 aromatic carbocycles. The molecular weight excluding hydrogens is 342 g/mol. The van der Waals surface area contributed by atoms with Gasteiger partial charge in [-0.2, -0.15) is 5.10 Å². The number of amides is 2. The summed E-state index contributed by atoms with van der Waals surface area (Å²) < 4.78 is 1.73. The summed E-state index contributed by atoms with van der Waals surface area (Å²) in [6.45, 7) is 0. The quantitative estimate of drug-likeness (QED) is 0.836. The van der Waals surface area contributed by atoms with Crippen molar-refractivity contribution in [1.29, 1.82) is 0 Å². The maximum Gasteiger partial charge on any atom is 0.225 e. The number of hydrogen-bond donors (Lipinski definition) is 2. The van der Waals surface area contributed by atoms with E-state index in [0.717, 1.165) is 31.2 Å². The van der Waals surface area contributed by atoms with Gasteiger partial charge < -0.3 is 16.0 Å². The maximum atomic E-state index is 13.3. The molecule has 2 aliphatic carbocycles. The number of aromatic nitrogens is 2. The third-order valence-corrected chi connectivity index (χ3v) is 6.95. The van der Waals surface area contributed by atoms with Crippen LogP contribution in [0, 0.1) is 17.8 Å². The number of nitrogens with zero attached hydrogens (tertiary/aromatic N) is 3. The summed E-state index contributed by atoms with van der Waals surface area (Å²) in [6, 6.07) is 0.268. The lowest BCUT2D eigenvalue weighted by atomic mass is 9.66. The van der Waals surface area contributed by atoms with Crippen molar-refractivity contribution >= 4 is 11.8 Å². The lowest BCUT2D eigenvalue weighted by molar-refractivity contribution is -0.142. The van der Waals surface area contributed by atoms with E-state index in [1.54, 1.807) is 22.8 Å². The van der Waals surface area contributed by atoms with Crippen LogP contribution in [-0.4, -0.2) is 45.6 Å². The van der Waals surface area contributed by atoms with Gasteiger partial charge in [0.2, 0.25) is 11.8 Å². The van der Waals surface area contributed by atoms with Crippen molar-refractivity contribution in [2.24, 2.45) is 30.5 Å². The Bertz CT molecular complexity index is 703. The number of carbonyl (C=O) groups excluding carboxylic acids is 2. The molecule has 1 aromatic heterocycles. The number of nitrogens with two attached hydrogens (primary N) is 1. The number of piperidine rings is 1. The first-order valence-corrected chi connectivity index (χ1v) is 10.2. The smallest absolute Gasteiger partial charge is 0.225 e. The predicted octanol–water partition coefficient (Wildman–Crippen LogP) is 1.35. The summed E-state index contributed by atoms with van der Waals surface area (Å²) in [5.74, 6) is 0.940. The molecule has 7 heteroatoms. The van der Waals surface area contributed by atoms with Gasteiger partial charge in [0.1, 0.15) is 0 Å². The molecule has 2 saturated carbocycles. The van der Waals surface area contributed by atoms with Crippen LogP contribution in [0.25, 0.3) is 0 Å². The maximum absolute atomic E-state index is 13.3. The Morgan fingerprint density at radius 2 is 1.93 bits per heavy atom. The van der Waals surface area contributed by atoms with Crippen molar-refractivity contribution in [2.45, 2.75) is 63.1 Å². The van der Waals surface area contributed by atoms with Crippen LogP contribution in [-0.2, 0) is 16.6 Å². The van der Waals surface area contributed by atoms with E-state index in [-0.39, 0.29) is 35.9 Å². The predicted molar refractivity (Wildman–Crippen MR) is 101 cm³/mol. The van der Waals surface area contributed by atoms with E-state index in [4.69, 9.17) is 5.73 Å². The Morgan fingerprint density at radius 3 is 2.56 bits per heavy atom. The second-order valence-electron chi connectivity index (χ2n) is 8.76. The van der Waals surface area contributed by atoms with Gasteiger partial charge in [-0.3, -0.25) is 14.3 Å². The molecule has 2 amide bonds. The highest BCUT2D eigenvalue weighted by molar-refractivity contribution is 5.85. The topological polar surface area (TPSA) is 93.2 Å². The van der Waals surface area contributed by atoms with Crippen LogP contribution in [0.5, 0.6) is 0 Å². The lowest BCUT2D eigenvalue weighted by Gasteiger charge is -2.46. The Kier molecular flexibility index (Phi) is 4.97. The number of aryl methyl sites for hydroxylation is 1. The molecular formula is C20H31N5O2. The van der Waals surface area contributed by atoms with Crippen molar-refractivity contribution in [3.05, 3.63) is 18.0 Å². The largest absolute Gasteiger partial charge is 0.352 e. The fourth-order valence-electron chi connectivity index (χ4n) is 5.66. The fourth-order valence-corrected chi connectivity index (χ4v) is 5.66. The summed E-state index contributed by atoms with van der Waals surface area (Å²) >= 11 is 0. The van der Waals surface area contributed by atoms with Gasteiger partial charge in [-0.25, -0.2) is 0 Å². The number of likely N-dealkylation sites (tertiary alicyclic amines) is 1. The molecule has 4 rings (SSSR count). The van der Waals surface area contributed by atoms with Crippen LogP contribution >= 0.6 is 0 Å². The molecule has 2 bridgehead atoms. The number of fused-ring (bicyclic) bond motifs is 2. The summed E-state index contributed by atoms with van der Waals surface area (Å²) in [6.07, 6.45) is 10.3. The average molecular weight is 374 g/mol. The van der Waals surface area contributed by atoms with Crippen molar-refractivity contribution in [3.8, 4) is 0 Å². The Balaban J connectivity index is 1.53. The van der Waals surface area contributed by atoms with E-state index in [9.17, 15) is 9.59 Å². The second kappa shape index (κ2) is 7.26. The SMILES string of the molecule is CN1C(=O)CCC(C(=O)NC2C3CCCC2CC(N)C3)C1c1cnn(C)c1. The molecule has 1 aliphatic heterocycles. The molecule has 27 heavy (non-hydrogen) atoms. The van der Waals surface area contributed by atoms with E-state index in [0.29, 0.717) is 24.7 Å². The normalized spacial score (nSPS) is 36.6. The summed E-state index contributed by atoms with van der Waals surface area (Å²) in [5.41, 5.74) is 7.16. The molecule has 0 radical (unpaired) electrons. The minimum Gasteiger partial charge on any atom is -0.352 e. The third kappa shape index (κ3) is 3.49. The molecule has 4 unspecified atom stereocenters. The van der Waals surface area contributed by atoms with Crippen LogP contribution in [0.1, 0.15) is 56.6 Å². The molecule has 4 atom stereocenters. The highest BCUT2D eigenvalue weighted by Gasteiger charge is 2.44. The Morgan fingerprint density at radius 1 is 1.22 bits per heavy atom. The van der Waals surface area contributed by atoms with Crippen LogP contribution in [0.3, 0.4) is 0 Å². The van der Waals surface area contributed by atoms with Gasteiger partial charge in [0.05, 0.1) is 18.2 Å². The highest BCUT2D eigenvalue weighted by atomic mass is 16.2. The summed E-state index contributed by atoms with van der Waals surface area (Å²) in [5, 5.41) is 7.64. The minimum atomic E-state index is -0.245. The van der Waals surface area contributed by atoms with Gasteiger partial charge in [0.25, 0.3) is 0 Å². The monoisotopic (exact) mass is 373 g/mol. The summed E-state index contributed by atoms with van der Waals surface area (Å²) in [4.78, 5) is 27.3. The molecule has 0 spiro atoms. The molecule has 3 fully saturated rings. The van der Waals surface area contributed by atoms with Crippen LogP contribution < -0.4 is 11.1 Å². The number of rotatable bonds is 3. The highest BCUT2D eigenvalue weighted by Crippen LogP contribution is 2.41. The number of hydrogen-bond acceptors (Lipinski definition) is 4.